The van der Waals surface area contributed by atoms with Gasteiger partial charge in [0.25, 0.3) is 0 Å². The largest absolute Gasteiger partial charge is 0.381 e. The van der Waals surface area contributed by atoms with E-state index in [9.17, 15) is 13.2 Å². The molecule has 0 aliphatic carbocycles. The molecule has 116 valence electrons. The van der Waals surface area contributed by atoms with E-state index in [0.717, 1.165) is 26.2 Å². The highest BCUT2D eigenvalue weighted by Gasteiger charge is 2.28. The van der Waals surface area contributed by atoms with Crippen molar-refractivity contribution in [2.24, 2.45) is 5.92 Å². The summed E-state index contributed by atoms with van der Waals surface area (Å²) in [6.45, 7) is 5.28. The summed E-state index contributed by atoms with van der Waals surface area (Å²) >= 11 is 0. The zero-order valence-electron chi connectivity index (χ0n) is 12.0. The molecule has 2 fully saturated rings. The summed E-state index contributed by atoms with van der Waals surface area (Å²) in [5.41, 5.74) is 0. The number of ether oxygens (including phenoxy) is 1. The standard InChI is InChI=1S/C13H24N2O4S/c1-2-15(8-11-3-5-19-9-11)13(16)7-12-10-20(17,18)6-4-14-12/h11-12,14H,2-10H2,1H3. The Bertz CT molecular complexity index is 432. The molecule has 0 radical (unpaired) electrons. The van der Waals surface area contributed by atoms with Gasteiger partial charge in [0.1, 0.15) is 0 Å². The van der Waals surface area contributed by atoms with Crippen LogP contribution < -0.4 is 5.32 Å². The van der Waals surface area contributed by atoms with Gasteiger partial charge in [-0.3, -0.25) is 4.79 Å². The number of amides is 1. The van der Waals surface area contributed by atoms with Crippen molar-refractivity contribution in [3.8, 4) is 0 Å². The maximum absolute atomic E-state index is 12.3. The van der Waals surface area contributed by atoms with Crippen LogP contribution in [0.5, 0.6) is 0 Å². The van der Waals surface area contributed by atoms with E-state index in [1.54, 1.807) is 0 Å². The molecule has 1 N–H and O–H groups in total. The number of nitrogens with one attached hydrogen (secondary N) is 1. The molecule has 2 aliphatic rings. The van der Waals surface area contributed by atoms with Crippen molar-refractivity contribution in [3.05, 3.63) is 0 Å². The van der Waals surface area contributed by atoms with Crippen molar-refractivity contribution in [1.29, 1.82) is 0 Å². The number of sulfone groups is 1. The van der Waals surface area contributed by atoms with Gasteiger partial charge in [0.05, 0.1) is 18.1 Å². The zero-order chi connectivity index (χ0) is 14.6. The predicted molar refractivity (Wildman–Crippen MR) is 76.2 cm³/mol. The summed E-state index contributed by atoms with van der Waals surface area (Å²) in [7, 11) is -2.99. The first-order chi connectivity index (χ1) is 9.50. The lowest BCUT2D eigenvalue weighted by molar-refractivity contribution is -0.132. The monoisotopic (exact) mass is 304 g/mol. The Hall–Kier alpha value is -0.660. The van der Waals surface area contributed by atoms with E-state index in [0.29, 0.717) is 19.0 Å². The molecule has 2 unspecified atom stereocenters. The van der Waals surface area contributed by atoms with Gasteiger partial charge in [-0.25, -0.2) is 8.42 Å². The van der Waals surface area contributed by atoms with Crippen LogP contribution in [0.1, 0.15) is 19.8 Å². The molecule has 7 heteroatoms. The lowest BCUT2D eigenvalue weighted by Gasteiger charge is -2.28. The third-order valence-corrected chi connectivity index (χ3v) is 5.70. The zero-order valence-corrected chi connectivity index (χ0v) is 12.8. The third kappa shape index (κ3) is 4.43. The van der Waals surface area contributed by atoms with Crippen molar-refractivity contribution in [1.82, 2.24) is 10.2 Å². The summed E-state index contributed by atoms with van der Waals surface area (Å²) in [6, 6.07) is -0.241. The summed E-state index contributed by atoms with van der Waals surface area (Å²) in [5, 5.41) is 3.13. The average Bonchev–Trinajstić information content (AvgIpc) is 2.87. The first kappa shape index (κ1) is 15.7. The molecular formula is C13H24N2O4S. The van der Waals surface area contributed by atoms with Crippen LogP contribution in [0.4, 0.5) is 0 Å². The lowest BCUT2D eigenvalue weighted by Crippen LogP contribution is -2.48. The van der Waals surface area contributed by atoms with Gasteiger partial charge in [-0.15, -0.1) is 0 Å². The first-order valence-electron chi connectivity index (χ1n) is 7.29. The van der Waals surface area contributed by atoms with Gasteiger partial charge in [-0.1, -0.05) is 0 Å². The smallest absolute Gasteiger partial charge is 0.224 e. The summed E-state index contributed by atoms with van der Waals surface area (Å²) in [5.74, 6) is 0.702. The molecule has 20 heavy (non-hydrogen) atoms. The van der Waals surface area contributed by atoms with Crippen molar-refractivity contribution in [2.75, 3.05) is 44.4 Å². The molecule has 2 rings (SSSR count). The van der Waals surface area contributed by atoms with Crippen LogP contribution in [0, 0.1) is 5.92 Å². The van der Waals surface area contributed by atoms with E-state index >= 15 is 0 Å². The highest BCUT2D eigenvalue weighted by atomic mass is 32.2. The second kappa shape index (κ2) is 6.87. The van der Waals surface area contributed by atoms with Crippen molar-refractivity contribution in [3.63, 3.8) is 0 Å². The summed E-state index contributed by atoms with van der Waals surface area (Å²) < 4.78 is 28.5. The van der Waals surface area contributed by atoms with Crippen molar-refractivity contribution in [2.45, 2.75) is 25.8 Å². The average molecular weight is 304 g/mol. The Morgan fingerprint density at radius 3 is 2.85 bits per heavy atom. The molecule has 0 spiro atoms. The Morgan fingerprint density at radius 2 is 2.25 bits per heavy atom. The minimum Gasteiger partial charge on any atom is -0.381 e. The van der Waals surface area contributed by atoms with E-state index in [1.807, 2.05) is 11.8 Å². The quantitative estimate of drug-likeness (QED) is 0.751. The van der Waals surface area contributed by atoms with E-state index in [2.05, 4.69) is 5.32 Å². The summed E-state index contributed by atoms with van der Waals surface area (Å²) in [6.07, 6.45) is 1.26. The molecule has 6 nitrogen and oxygen atoms in total. The number of rotatable bonds is 5. The van der Waals surface area contributed by atoms with Crippen LogP contribution >= 0.6 is 0 Å². The topological polar surface area (TPSA) is 75.7 Å². The molecule has 2 aliphatic heterocycles. The van der Waals surface area contributed by atoms with Gasteiger partial charge < -0.3 is 15.0 Å². The van der Waals surface area contributed by atoms with E-state index < -0.39 is 9.84 Å². The second-order valence-electron chi connectivity index (χ2n) is 5.63. The van der Waals surface area contributed by atoms with Gasteiger partial charge in [0.15, 0.2) is 9.84 Å². The third-order valence-electron chi connectivity index (χ3n) is 3.96. The second-order valence-corrected chi connectivity index (χ2v) is 7.86. The number of carbonyl (C=O) groups excluding carboxylic acids is 1. The van der Waals surface area contributed by atoms with Gasteiger partial charge >= 0.3 is 0 Å². The fraction of sp³-hybridized carbons (Fsp3) is 0.923. The minimum absolute atomic E-state index is 0.0361. The molecule has 0 aromatic heterocycles. The van der Waals surface area contributed by atoms with Gasteiger partial charge in [0, 0.05) is 44.6 Å². The molecule has 0 aromatic carbocycles. The van der Waals surface area contributed by atoms with Crippen molar-refractivity contribution < 1.29 is 17.9 Å². The van der Waals surface area contributed by atoms with Gasteiger partial charge in [-0.05, 0) is 13.3 Å². The van der Waals surface area contributed by atoms with Crippen molar-refractivity contribution >= 4 is 15.7 Å². The molecule has 1 amide bonds. The molecule has 0 bridgehead atoms. The fourth-order valence-electron chi connectivity index (χ4n) is 2.78. The van der Waals surface area contributed by atoms with E-state index in [4.69, 9.17) is 4.74 Å². The maximum Gasteiger partial charge on any atom is 0.224 e. The van der Waals surface area contributed by atoms with Crippen LogP contribution in [0.25, 0.3) is 0 Å². The first-order valence-corrected chi connectivity index (χ1v) is 9.11. The molecule has 2 saturated heterocycles. The molecule has 0 aromatic rings. The van der Waals surface area contributed by atoms with E-state index in [-0.39, 0.29) is 29.9 Å². The number of nitrogens with zero attached hydrogens (tertiary/aromatic N) is 1. The van der Waals surface area contributed by atoms with Gasteiger partial charge in [-0.2, -0.15) is 0 Å². The number of hydrogen-bond donors (Lipinski definition) is 1. The Kier molecular flexibility index (Phi) is 5.40. The number of carbonyl (C=O) groups is 1. The van der Waals surface area contributed by atoms with Gasteiger partial charge in [0.2, 0.25) is 5.91 Å². The molecule has 2 atom stereocenters. The minimum atomic E-state index is -2.99. The molecule has 2 heterocycles. The lowest BCUT2D eigenvalue weighted by atomic mass is 10.1. The van der Waals surface area contributed by atoms with Crippen LogP contribution in [-0.2, 0) is 19.4 Å². The predicted octanol–water partition coefficient (Wildman–Crippen LogP) is -0.352. The van der Waals surface area contributed by atoms with E-state index in [1.165, 1.54) is 0 Å². The normalized spacial score (nSPS) is 29.2. The Labute approximate surface area is 120 Å². The van der Waals surface area contributed by atoms with Crippen LogP contribution in [0.3, 0.4) is 0 Å². The fourth-order valence-corrected chi connectivity index (χ4v) is 4.23. The molecular weight excluding hydrogens is 280 g/mol. The van der Waals surface area contributed by atoms with Crippen LogP contribution in [0.15, 0.2) is 0 Å². The SMILES string of the molecule is CCN(CC1CCOC1)C(=O)CC1CS(=O)(=O)CCN1. The highest BCUT2D eigenvalue weighted by Crippen LogP contribution is 2.15. The highest BCUT2D eigenvalue weighted by molar-refractivity contribution is 7.91. The number of hydrogen-bond acceptors (Lipinski definition) is 5. The maximum atomic E-state index is 12.3. The van der Waals surface area contributed by atoms with Crippen LogP contribution in [-0.4, -0.2) is 69.6 Å². The Morgan fingerprint density at radius 1 is 1.45 bits per heavy atom. The van der Waals surface area contributed by atoms with Crippen LogP contribution in [0.2, 0.25) is 0 Å². The summed E-state index contributed by atoms with van der Waals surface area (Å²) in [4.78, 5) is 14.1. The Balaban J connectivity index is 1.85. The molecule has 0 saturated carbocycles.